The van der Waals surface area contributed by atoms with Gasteiger partial charge in [0.05, 0.1) is 27.2 Å². The lowest BCUT2D eigenvalue weighted by Crippen LogP contribution is -2.38. The first-order chi connectivity index (χ1) is 8.19. The van der Waals surface area contributed by atoms with E-state index >= 15 is 0 Å². The summed E-state index contributed by atoms with van der Waals surface area (Å²) in [5.74, 6) is 2.52. The van der Waals surface area contributed by atoms with Gasteiger partial charge in [-0.05, 0) is 13.3 Å². The quantitative estimate of drug-likeness (QED) is 0.703. The molecule has 0 aromatic carbocycles. The molecule has 4 nitrogen and oxygen atoms in total. The number of nitrogens with zero attached hydrogens (tertiary/aromatic N) is 4. The summed E-state index contributed by atoms with van der Waals surface area (Å²) in [5.41, 5.74) is 0. The van der Waals surface area contributed by atoms with Crippen LogP contribution in [0.15, 0.2) is 24.8 Å². The third-order valence-electron chi connectivity index (χ3n) is 3.16. The average Bonchev–Trinajstić information content (AvgIpc) is 2.83. The number of imidazole rings is 2. The molecule has 0 saturated heterocycles. The second kappa shape index (κ2) is 4.73. The van der Waals surface area contributed by atoms with Gasteiger partial charge in [0.1, 0.15) is 24.8 Å². The van der Waals surface area contributed by atoms with Crippen LogP contribution in [0.25, 0.3) is 11.6 Å². The van der Waals surface area contributed by atoms with Gasteiger partial charge in [-0.1, -0.05) is 6.92 Å². The lowest BCUT2D eigenvalue weighted by Gasteiger charge is -2.00. The van der Waals surface area contributed by atoms with Crippen LogP contribution in [0.1, 0.15) is 20.3 Å². The summed E-state index contributed by atoms with van der Waals surface area (Å²) in [6, 6.07) is 0. The second-order valence-corrected chi connectivity index (χ2v) is 4.44. The number of rotatable bonds is 4. The molecule has 2 rings (SSSR count). The summed E-state index contributed by atoms with van der Waals surface area (Å²) < 4.78 is 8.98. The van der Waals surface area contributed by atoms with Gasteiger partial charge in [-0.2, -0.15) is 0 Å². The van der Waals surface area contributed by atoms with Crippen molar-refractivity contribution in [2.24, 2.45) is 14.1 Å². The van der Waals surface area contributed by atoms with E-state index in [-0.39, 0.29) is 0 Å². The Balaban J connectivity index is 2.58. The molecular formula is C13H22N4+2. The number of hydrogen-bond donors (Lipinski definition) is 0. The van der Waals surface area contributed by atoms with Crippen LogP contribution >= 0.6 is 0 Å². The van der Waals surface area contributed by atoms with Gasteiger partial charge in [0, 0.05) is 0 Å². The summed E-state index contributed by atoms with van der Waals surface area (Å²) in [7, 11) is 4.21. The number of aromatic nitrogens is 4. The maximum absolute atomic E-state index is 2.32. The molecule has 0 aliphatic carbocycles. The fraction of sp³-hybridized carbons (Fsp3) is 0.538. The van der Waals surface area contributed by atoms with Crippen molar-refractivity contribution in [2.75, 3.05) is 0 Å². The SMILES string of the molecule is CCCn1cc[n+](C)c1-c1n(CC)cc[n+]1C. The minimum Gasteiger partial charge on any atom is -0.226 e. The normalized spacial score (nSPS) is 11.1. The van der Waals surface area contributed by atoms with E-state index < -0.39 is 0 Å². The smallest absolute Gasteiger partial charge is 0.226 e. The van der Waals surface area contributed by atoms with E-state index in [2.05, 4.69) is 71.0 Å². The summed E-state index contributed by atoms with van der Waals surface area (Å²) >= 11 is 0. The van der Waals surface area contributed by atoms with Gasteiger partial charge in [0.2, 0.25) is 0 Å². The summed E-state index contributed by atoms with van der Waals surface area (Å²) in [5, 5.41) is 0. The van der Waals surface area contributed by atoms with Crippen molar-refractivity contribution in [1.82, 2.24) is 9.13 Å². The molecule has 17 heavy (non-hydrogen) atoms. The van der Waals surface area contributed by atoms with Crippen molar-refractivity contribution in [3.63, 3.8) is 0 Å². The van der Waals surface area contributed by atoms with E-state index in [9.17, 15) is 0 Å². The maximum atomic E-state index is 2.32. The first kappa shape index (κ1) is 11.9. The van der Waals surface area contributed by atoms with E-state index in [4.69, 9.17) is 0 Å². The molecule has 2 aromatic heterocycles. The molecule has 0 fully saturated rings. The van der Waals surface area contributed by atoms with E-state index in [0.717, 1.165) is 19.5 Å². The maximum Gasteiger partial charge on any atom is 0.373 e. The largest absolute Gasteiger partial charge is 0.373 e. The van der Waals surface area contributed by atoms with Crippen molar-refractivity contribution in [3.8, 4) is 11.6 Å². The Labute approximate surface area is 103 Å². The molecule has 0 N–H and O–H groups in total. The van der Waals surface area contributed by atoms with Crippen molar-refractivity contribution >= 4 is 0 Å². The van der Waals surface area contributed by atoms with Crippen LogP contribution in [0, 0.1) is 0 Å². The van der Waals surface area contributed by atoms with Gasteiger partial charge in [-0.25, -0.2) is 18.3 Å². The zero-order chi connectivity index (χ0) is 12.4. The van der Waals surface area contributed by atoms with Crippen LogP contribution in [0.4, 0.5) is 0 Å². The fourth-order valence-corrected chi connectivity index (χ4v) is 2.30. The average molecular weight is 234 g/mol. The van der Waals surface area contributed by atoms with Gasteiger partial charge in [0.25, 0.3) is 0 Å². The van der Waals surface area contributed by atoms with Gasteiger partial charge < -0.3 is 0 Å². The highest BCUT2D eigenvalue weighted by Crippen LogP contribution is 2.12. The summed E-state index contributed by atoms with van der Waals surface area (Å²) in [4.78, 5) is 0. The van der Waals surface area contributed by atoms with Crippen molar-refractivity contribution < 1.29 is 9.13 Å². The zero-order valence-electron chi connectivity index (χ0n) is 11.2. The van der Waals surface area contributed by atoms with Crippen LogP contribution < -0.4 is 9.13 Å². The molecule has 0 spiro atoms. The Morgan fingerprint density at radius 1 is 0.941 bits per heavy atom. The van der Waals surface area contributed by atoms with Crippen LogP contribution in [-0.2, 0) is 27.2 Å². The minimum atomic E-state index is 0.994. The van der Waals surface area contributed by atoms with Crippen molar-refractivity contribution in [2.45, 2.75) is 33.4 Å². The van der Waals surface area contributed by atoms with Crippen molar-refractivity contribution in [3.05, 3.63) is 24.8 Å². The molecular weight excluding hydrogens is 212 g/mol. The Hall–Kier alpha value is -1.58. The molecule has 0 atom stereocenters. The van der Waals surface area contributed by atoms with Gasteiger partial charge >= 0.3 is 11.6 Å². The third-order valence-corrected chi connectivity index (χ3v) is 3.16. The molecule has 0 aliphatic rings. The lowest BCUT2D eigenvalue weighted by atomic mass is 10.4. The highest BCUT2D eigenvalue weighted by atomic mass is 15.2. The zero-order valence-corrected chi connectivity index (χ0v) is 11.2. The monoisotopic (exact) mass is 234 g/mol. The molecule has 0 bridgehead atoms. The lowest BCUT2D eigenvalue weighted by molar-refractivity contribution is -0.690. The standard InChI is InChI=1S/C13H22N4/c1-5-7-17-11-9-15(4)13(17)12-14(3)8-10-16(12)6-2/h8-11H,5-7H2,1-4H3/q+2. The van der Waals surface area contributed by atoms with E-state index in [1.165, 1.54) is 11.6 Å². The van der Waals surface area contributed by atoms with Gasteiger partial charge in [-0.15, -0.1) is 0 Å². The van der Waals surface area contributed by atoms with E-state index in [0.29, 0.717) is 0 Å². The molecule has 0 amide bonds. The van der Waals surface area contributed by atoms with Crippen LogP contribution in [0.2, 0.25) is 0 Å². The molecule has 4 heteroatoms. The predicted octanol–water partition coefficient (Wildman–Crippen LogP) is 1.04. The third kappa shape index (κ3) is 1.99. The predicted molar refractivity (Wildman–Crippen MR) is 66.2 cm³/mol. The Morgan fingerprint density at radius 3 is 2.00 bits per heavy atom. The number of aryl methyl sites for hydroxylation is 4. The topological polar surface area (TPSA) is 17.6 Å². The van der Waals surface area contributed by atoms with Crippen LogP contribution in [-0.4, -0.2) is 9.13 Å². The second-order valence-electron chi connectivity index (χ2n) is 4.44. The molecule has 0 saturated carbocycles. The summed E-state index contributed by atoms with van der Waals surface area (Å²) in [6.45, 7) is 6.44. The van der Waals surface area contributed by atoms with E-state index in [1.54, 1.807) is 0 Å². The Morgan fingerprint density at radius 2 is 1.47 bits per heavy atom. The van der Waals surface area contributed by atoms with Crippen molar-refractivity contribution in [1.29, 1.82) is 0 Å². The van der Waals surface area contributed by atoms with Gasteiger partial charge in [-0.3, -0.25) is 0 Å². The molecule has 92 valence electrons. The molecule has 2 heterocycles. The van der Waals surface area contributed by atoms with Crippen LogP contribution in [0.5, 0.6) is 0 Å². The van der Waals surface area contributed by atoms with E-state index in [1.807, 2.05) is 0 Å². The highest BCUT2D eigenvalue weighted by Gasteiger charge is 2.29. The minimum absolute atomic E-state index is 0.994. The highest BCUT2D eigenvalue weighted by molar-refractivity contribution is 5.36. The number of hydrogen-bond acceptors (Lipinski definition) is 0. The molecule has 0 aliphatic heterocycles. The molecule has 0 unspecified atom stereocenters. The van der Waals surface area contributed by atoms with Crippen LogP contribution in [0.3, 0.4) is 0 Å². The Kier molecular flexibility index (Phi) is 3.31. The first-order valence-electron chi connectivity index (χ1n) is 6.28. The Bertz CT molecular complexity index is 507. The van der Waals surface area contributed by atoms with Gasteiger partial charge in [0.15, 0.2) is 0 Å². The molecule has 0 radical (unpaired) electrons. The summed E-state index contributed by atoms with van der Waals surface area (Å²) in [6.07, 6.45) is 9.68. The fourth-order valence-electron chi connectivity index (χ4n) is 2.30. The molecule has 2 aromatic rings. The first-order valence-corrected chi connectivity index (χ1v) is 6.28.